The second-order valence-corrected chi connectivity index (χ2v) is 11.1. The Kier molecular flexibility index (Phi) is 7.31. The van der Waals surface area contributed by atoms with Gasteiger partial charge in [-0.2, -0.15) is 5.26 Å². The van der Waals surface area contributed by atoms with Gasteiger partial charge in [0.15, 0.2) is 0 Å². The lowest BCUT2D eigenvalue weighted by molar-refractivity contribution is -0.111. The van der Waals surface area contributed by atoms with Crippen LogP contribution in [0.1, 0.15) is 48.0 Å². The fourth-order valence-electron chi connectivity index (χ4n) is 4.86. The normalized spacial score (nSPS) is 11.8. The van der Waals surface area contributed by atoms with Crippen molar-refractivity contribution < 1.29 is 9.59 Å². The van der Waals surface area contributed by atoms with Gasteiger partial charge in [-0.1, -0.05) is 12.1 Å². The van der Waals surface area contributed by atoms with Crippen LogP contribution in [0.25, 0.3) is 27.7 Å². The van der Waals surface area contributed by atoms with Crippen molar-refractivity contribution in [3.63, 3.8) is 0 Å². The average Bonchev–Trinajstić information content (AvgIpc) is 3.53. The van der Waals surface area contributed by atoms with E-state index in [0.717, 1.165) is 33.2 Å². The highest BCUT2D eigenvalue weighted by Crippen LogP contribution is 2.32. The lowest BCUT2D eigenvalue weighted by Crippen LogP contribution is -2.35. The Morgan fingerprint density at radius 2 is 1.85 bits per heavy atom. The van der Waals surface area contributed by atoms with Crippen molar-refractivity contribution in [3.8, 4) is 17.2 Å². The van der Waals surface area contributed by atoms with Crippen molar-refractivity contribution in [3.05, 3.63) is 102 Å². The molecule has 0 spiro atoms. The maximum Gasteiger partial charge on any atom is 0.248 e. The number of carbonyl (C=O) groups excluding carboxylic acids is 2. The van der Waals surface area contributed by atoms with Gasteiger partial charge in [-0.05, 0) is 87.4 Å². The molecular weight excluding hydrogens is 512 g/mol. The van der Waals surface area contributed by atoms with E-state index in [0.29, 0.717) is 23.5 Å². The number of fused-ring (bicyclic) bond motifs is 2. The van der Waals surface area contributed by atoms with E-state index in [4.69, 9.17) is 0 Å². The highest BCUT2D eigenvalue weighted by Gasteiger charge is 2.18. The Morgan fingerprint density at radius 1 is 1.05 bits per heavy atom. The first-order valence-corrected chi connectivity index (χ1v) is 13.4. The lowest BCUT2D eigenvalue weighted by Gasteiger charge is -2.18. The number of anilines is 1. The zero-order valence-corrected chi connectivity index (χ0v) is 23.8. The van der Waals surface area contributed by atoms with Crippen LogP contribution in [-0.2, 0) is 11.8 Å². The minimum atomic E-state index is -0.347. The molecule has 3 aromatic heterocycles. The van der Waals surface area contributed by atoms with E-state index < -0.39 is 0 Å². The number of imidazole rings is 1. The van der Waals surface area contributed by atoms with Gasteiger partial charge in [-0.15, -0.1) is 0 Å². The van der Waals surface area contributed by atoms with Gasteiger partial charge in [-0.25, -0.2) is 4.98 Å². The van der Waals surface area contributed by atoms with E-state index >= 15 is 0 Å². The summed E-state index contributed by atoms with van der Waals surface area (Å²) in [5.74, 6) is -0.567. The molecule has 3 heterocycles. The SMILES string of the molecule is Cc1cc2c(cc1-c1cccn3c(C(=O)c4ccc(NC(=O)/C=C/CNC(C)(C)C)c(C#N)c4)ccc13)ncn2C. The third-order valence-electron chi connectivity index (χ3n) is 6.97. The van der Waals surface area contributed by atoms with Gasteiger partial charge in [0.1, 0.15) is 6.07 Å². The molecule has 8 nitrogen and oxygen atoms in total. The molecule has 0 aliphatic carbocycles. The number of benzene rings is 2. The summed E-state index contributed by atoms with van der Waals surface area (Å²) < 4.78 is 3.87. The summed E-state index contributed by atoms with van der Waals surface area (Å²) in [6.07, 6.45) is 6.82. The van der Waals surface area contributed by atoms with Crippen LogP contribution in [0.3, 0.4) is 0 Å². The van der Waals surface area contributed by atoms with Crippen molar-refractivity contribution in [1.29, 1.82) is 5.26 Å². The molecule has 41 heavy (non-hydrogen) atoms. The maximum atomic E-state index is 13.6. The summed E-state index contributed by atoms with van der Waals surface area (Å²) >= 11 is 0. The van der Waals surface area contributed by atoms with E-state index in [-0.39, 0.29) is 22.8 Å². The van der Waals surface area contributed by atoms with Gasteiger partial charge in [0, 0.05) is 42.5 Å². The Labute approximate surface area is 238 Å². The molecule has 0 unspecified atom stereocenters. The number of nitriles is 1. The highest BCUT2D eigenvalue weighted by molar-refractivity contribution is 6.10. The molecule has 206 valence electrons. The van der Waals surface area contributed by atoms with Gasteiger partial charge < -0.3 is 19.6 Å². The average molecular weight is 545 g/mol. The van der Waals surface area contributed by atoms with Crippen molar-refractivity contribution in [2.24, 2.45) is 7.05 Å². The number of pyridine rings is 1. The summed E-state index contributed by atoms with van der Waals surface area (Å²) in [7, 11) is 1.97. The second kappa shape index (κ2) is 10.9. The Morgan fingerprint density at radius 3 is 2.61 bits per heavy atom. The van der Waals surface area contributed by atoms with Crippen LogP contribution in [0.2, 0.25) is 0 Å². The number of ketones is 1. The molecule has 2 N–H and O–H groups in total. The first-order chi connectivity index (χ1) is 19.6. The van der Waals surface area contributed by atoms with Crippen molar-refractivity contribution >= 4 is 33.9 Å². The van der Waals surface area contributed by atoms with Gasteiger partial charge in [0.25, 0.3) is 0 Å². The molecule has 0 fully saturated rings. The fraction of sp³-hybridized carbons (Fsp3) is 0.212. The quantitative estimate of drug-likeness (QED) is 0.199. The zero-order valence-electron chi connectivity index (χ0n) is 23.8. The Hall–Kier alpha value is -5.00. The second-order valence-electron chi connectivity index (χ2n) is 11.1. The molecule has 1 amide bonds. The van der Waals surface area contributed by atoms with Crippen LogP contribution in [0, 0.1) is 18.3 Å². The number of aryl methyl sites for hydroxylation is 2. The number of rotatable bonds is 7. The monoisotopic (exact) mass is 544 g/mol. The molecule has 0 saturated carbocycles. The Bertz CT molecular complexity index is 1880. The lowest BCUT2D eigenvalue weighted by atomic mass is 9.99. The molecule has 0 aliphatic heterocycles. The first kappa shape index (κ1) is 27.6. The summed E-state index contributed by atoms with van der Waals surface area (Å²) in [5.41, 5.74) is 7.37. The summed E-state index contributed by atoms with van der Waals surface area (Å²) in [5, 5.41) is 15.8. The Balaban J connectivity index is 1.41. The topological polar surface area (TPSA) is 104 Å². The molecule has 0 saturated heterocycles. The van der Waals surface area contributed by atoms with Crippen molar-refractivity contribution in [1.82, 2.24) is 19.3 Å². The molecule has 0 bridgehead atoms. The summed E-state index contributed by atoms with van der Waals surface area (Å²) in [4.78, 5) is 30.5. The third-order valence-corrected chi connectivity index (χ3v) is 6.97. The number of carbonyl (C=O) groups is 2. The van der Waals surface area contributed by atoms with E-state index in [1.54, 1.807) is 30.6 Å². The van der Waals surface area contributed by atoms with Gasteiger partial charge in [0.05, 0.1) is 39.8 Å². The minimum absolute atomic E-state index is 0.0586. The molecule has 0 atom stereocenters. The highest BCUT2D eigenvalue weighted by atomic mass is 16.1. The molecular formula is C33H32N6O2. The third kappa shape index (κ3) is 5.67. The first-order valence-electron chi connectivity index (χ1n) is 13.4. The van der Waals surface area contributed by atoms with E-state index in [1.165, 1.54) is 12.1 Å². The predicted octanol–water partition coefficient (Wildman–Crippen LogP) is 5.79. The van der Waals surface area contributed by atoms with Crippen molar-refractivity contribution in [2.45, 2.75) is 33.2 Å². The van der Waals surface area contributed by atoms with Crippen LogP contribution in [0.15, 0.2) is 79.3 Å². The van der Waals surface area contributed by atoms with Crippen molar-refractivity contribution in [2.75, 3.05) is 11.9 Å². The summed E-state index contributed by atoms with van der Waals surface area (Å²) in [6.45, 7) is 8.74. The number of hydrogen-bond acceptors (Lipinski definition) is 5. The molecule has 8 heteroatoms. The largest absolute Gasteiger partial charge is 0.334 e. The van der Waals surface area contributed by atoms with Gasteiger partial charge >= 0.3 is 0 Å². The van der Waals surface area contributed by atoms with Crippen LogP contribution in [0.5, 0.6) is 0 Å². The number of amides is 1. The molecule has 2 aromatic carbocycles. The predicted molar refractivity (Wildman–Crippen MR) is 162 cm³/mol. The summed E-state index contributed by atoms with van der Waals surface area (Å²) in [6, 6.07) is 18.7. The van der Waals surface area contributed by atoms with Crippen LogP contribution < -0.4 is 10.6 Å². The molecule has 5 aromatic rings. The van der Waals surface area contributed by atoms with Gasteiger partial charge in [-0.3, -0.25) is 9.59 Å². The number of nitrogens with zero attached hydrogens (tertiary/aromatic N) is 4. The molecule has 5 rings (SSSR count). The number of aromatic nitrogens is 3. The van der Waals surface area contributed by atoms with Crippen LogP contribution >= 0.6 is 0 Å². The van der Waals surface area contributed by atoms with E-state index in [1.807, 2.05) is 61.2 Å². The smallest absolute Gasteiger partial charge is 0.248 e. The molecule has 0 aliphatic rings. The van der Waals surface area contributed by atoms with E-state index in [2.05, 4.69) is 40.7 Å². The number of hydrogen-bond donors (Lipinski definition) is 2. The van der Waals surface area contributed by atoms with Crippen LogP contribution in [-0.4, -0.2) is 37.7 Å². The molecule has 0 radical (unpaired) electrons. The maximum absolute atomic E-state index is 13.6. The zero-order chi connectivity index (χ0) is 29.3. The van der Waals surface area contributed by atoms with E-state index in [9.17, 15) is 14.9 Å². The standard InChI is InChI=1S/C33H32N6O2/c1-21-16-30-27(35-20-38(30)5)18-25(21)24-8-7-15-39-28(24)12-13-29(39)32(41)22-10-11-26(23(17-22)19-34)37-31(40)9-6-14-36-33(2,3)4/h6-13,15-18,20,36H,14H2,1-5H3,(H,37,40)/b9-6+. The fourth-order valence-corrected chi connectivity index (χ4v) is 4.86. The van der Waals surface area contributed by atoms with Crippen LogP contribution in [0.4, 0.5) is 5.69 Å². The van der Waals surface area contributed by atoms with Gasteiger partial charge in [0.2, 0.25) is 11.7 Å². The number of nitrogens with one attached hydrogen (secondary N) is 2. The minimum Gasteiger partial charge on any atom is -0.334 e.